The highest BCUT2D eigenvalue weighted by atomic mass is 35.5. The van der Waals surface area contributed by atoms with Crippen molar-refractivity contribution in [3.8, 4) is 0 Å². The van der Waals surface area contributed by atoms with Gasteiger partial charge in [0.25, 0.3) is 5.91 Å². The molecule has 0 saturated carbocycles. The van der Waals surface area contributed by atoms with Crippen LogP contribution in [0.15, 0.2) is 30.5 Å². The van der Waals surface area contributed by atoms with Gasteiger partial charge in [0.05, 0.1) is 23.0 Å². The lowest BCUT2D eigenvalue weighted by molar-refractivity contribution is -0.114. The zero-order valence-corrected chi connectivity index (χ0v) is 20.8. The number of nitrogens with zero attached hydrogens (tertiary/aromatic N) is 5. The molecule has 4 heterocycles. The van der Waals surface area contributed by atoms with Gasteiger partial charge in [0.2, 0.25) is 5.91 Å². The number of fused-ring (bicyclic) bond motifs is 1. The molecule has 0 radical (unpaired) electrons. The molecule has 3 aromatic rings. The SMILES string of the molecule is CC(=O)Nc1ccc(Cl)cc1C(=O)N1CCCCC1c1cc2nc(N3CCC(N)C3)c(C)cn2n1. The number of hydrogen-bond donors (Lipinski definition) is 2. The monoisotopic (exact) mass is 495 g/mol. The van der Waals surface area contributed by atoms with Crippen LogP contribution in [0, 0.1) is 6.92 Å². The van der Waals surface area contributed by atoms with Crippen LogP contribution in [-0.2, 0) is 4.79 Å². The van der Waals surface area contributed by atoms with Gasteiger partial charge in [-0.1, -0.05) is 11.6 Å². The van der Waals surface area contributed by atoms with Crippen molar-refractivity contribution in [2.75, 3.05) is 29.9 Å². The van der Waals surface area contributed by atoms with Gasteiger partial charge in [-0.3, -0.25) is 9.59 Å². The smallest absolute Gasteiger partial charge is 0.256 e. The van der Waals surface area contributed by atoms with Crippen molar-refractivity contribution in [1.82, 2.24) is 19.5 Å². The van der Waals surface area contributed by atoms with E-state index in [1.807, 2.05) is 24.1 Å². The van der Waals surface area contributed by atoms with Gasteiger partial charge in [0.1, 0.15) is 5.82 Å². The Morgan fingerprint density at radius 1 is 1.17 bits per heavy atom. The molecule has 2 aliphatic rings. The second-order valence-corrected chi connectivity index (χ2v) is 9.93. The van der Waals surface area contributed by atoms with E-state index in [4.69, 9.17) is 27.4 Å². The molecule has 9 nitrogen and oxygen atoms in total. The van der Waals surface area contributed by atoms with E-state index in [2.05, 4.69) is 10.2 Å². The molecule has 0 spiro atoms. The highest BCUT2D eigenvalue weighted by molar-refractivity contribution is 6.31. The third-order valence-electron chi connectivity index (χ3n) is 6.78. The summed E-state index contributed by atoms with van der Waals surface area (Å²) in [6.07, 6.45) is 5.66. The van der Waals surface area contributed by atoms with E-state index in [0.29, 0.717) is 22.8 Å². The molecule has 10 heteroatoms. The number of halogens is 1. The van der Waals surface area contributed by atoms with Crippen LogP contribution in [0.5, 0.6) is 0 Å². The molecule has 184 valence electrons. The lowest BCUT2D eigenvalue weighted by atomic mass is 9.98. The summed E-state index contributed by atoms with van der Waals surface area (Å²) in [4.78, 5) is 34.4. The zero-order chi connectivity index (χ0) is 24.7. The summed E-state index contributed by atoms with van der Waals surface area (Å²) >= 11 is 6.22. The average Bonchev–Trinajstić information content (AvgIpc) is 3.44. The summed E-state index contributed by atoms with van der Waals surface area (Å²) in [7, 11) is 0. The number of piperidine rings is 1. The Balaban J connectivity index is 1.48. The van der Waals surface area contributed by atoms with Gasteiger partial charge >= 0.3 is 0 Å². The normalized spacial score (nSPS) is 20.5. The van der Waals surface area contributed by atoms with Crippen molar-refractivity contribution in [2.45, 2.75) is 51.6 Å². The fraction of sp³-hybridized carbons (Fsp3) is 0.440. The first-order valence-corrected chi connectivity index (χ1v) is 12.4. The third-order valence-corrected chi connectivity index (χ3v) is 7.01. The molecule has 1 aromatic carbocycles. The molecule has 3 N–H and O–H groups in total. The quantitative estimate of drug-likeness (QED) is 0.573. The topological polar surface area (TPSA) is 109 Å². The number of carbonyl (C=O) groups excluding carboxylic acids is 2. The van der Waals surface area contributed by atoms with E-state index in [1.165, 1.54) is 6.92 Å². The van der Waals surface area contributed by atoms with Crippen molar-refractivity contribution in [1.29, 1.82) is 0 Å². The van der Waals surface area contributed by atoms with E-state index in [-0.39, 0.29) is 23.9 Å². The maximum Gasteiger partial charge on any atom is 0.256 e. The molecular formula is C25H30ClN7O2. The summed E-state index contributed by atoms with van der Waals surface area (Å²) in [5, 5.41) is 8.01. The maximum absolute atomic E-state index is 13.7. The molecule has 2 aliphatic heterocycles. The third kappa shape index (κ3) is 4.70. The summed E-state index contributed by atoms with van der Waals surface area (Å²) in [5.74, 6) is 0.523. The predicted molar refractivity (Wildman–Crippen MR) is 136 cm³/mol. The van der Waals surface area contributed by atoms with Crippen molar-refractivity contribution in [3.63, 3.8) is 0 Å². The molecule has 35 heavy (non-hydrogen) atoms. The number of likely N-dealkylation sites (tertiary alicyclic amines) is 1. The van der Waals surface area contributed by atoms with Crippen molar-refractivity contribution in [2.24, 2.45) is 5.73 Å². The first-order chi connectivity index (χ1) is 16.8. The van der Waals surface area contributed by atoms with Crippen molar-refractivity contribution < 1.29 is 9.59 Å². The molecule has 0 aliphatic carbocycles. The number of aryl methyl sites for hydroxylation is 1. The lowest BCUT2D eigenvalue weighted by Crippen LogP contribution is -2.39. The van der Waals surface area contributed by atoms with Crippen LogP contribution in [0.25, 0.3) is 5.65 Å². The first kappa shape index (κ1) is 23.6. The summed E-state index contributed by atoms with van der Waals surface area (Å²) < 4.78 is 1.80. The largest absolute Gasteiger partial charge is 0.355 e. The summed E-state index contributed by atoms with van der Waals surface area (Å²) in [6, 6.07) is 6.90. The Hall–Kier alpha value is -3.17. The average molecular weight is 496 g/mol. The van der Waals surface area contributed by atoms with E-state index < -0.39 is 0 Å². The van der Waals surface area contributed by atoms with Crippen LogP contribution in [0.1, 0.15) is 60.3 Å². The summed E-state index contributed by atoms with van der Waals surface area (Å²) in [5.41, 5.74) is 9.54. The Morgan fingerprint density at radius 3 is 2.74 bits per heavy atom. The van der Waals surface area contributed by atoms with Gasteiger partial charge < -0.3 is 20.9 Å². The predicted octanol–water partition coefficient (Wildman–Crippen LogP) is 3.55. The minimum Gasteiger partial charge on any atom is -0.355 e. The molecule has 5 rings (SSSR count). The van der Waals surface area contributed by atoms with E-state index in [0.717, 1.165) is 61.5 Å². The number of amides is 2. The molecule has 2 aromatic heterocycles. The molecule has 0 bridgehead atoms. The van der Waals surface area contributed by atoms with Crippen molar-refractivity contribution in [3.05, 3.63) is 52.3 Å². The van der Waals surface area contributed by atoms with Gasteiger partial charge in [0.15, 0.2) is 5.65 Å². The van der Waals surface area contributed by atoms with Gasteiger partial charge in [-0.05, 0) is 50.8 Å². The van der Waals surface area contributed by atoms with Crippen LogP contribution in [-0.4, -0.2) is 57.0 Å². The van der Waals surface area contributed by atoms with Gasteiger partial charge in [0, 0.05) is 55.4 Å². The summed E-state index contributed by atoms with van der Waals surface area (Å²) in [6.45, 7) is 5.75. The minimum atomic E-state index is -0.242. The van der Waals surface area contributed by atoms with Gasteiger partial charge in [-0.25, -0.2) is 9.50 Å². The maximum atomic E-state index is 13.7. The minimum absolute atomic E-state index is 0.170. The van der Waals surface area contributed by atoms with Crippen LogP contribution in [0.2, 0.25) is 5.02 Å². The fourth-order valence-electron chi connectivity index (χ4n) is 5.11. The van der Waals surface area contributed by atoms with Crippen LogP contribution in [0.4, 0.5) is 11.5 Å². The fourth-order valence-corrected chi connectivity index (χ4v) is 5.28. The molecular weight excluding hydrogens is 466 g/mol. The second kappa shape index (κ2) is 9.47. The Bertz CT molecular complexity index is 1290. The number of anilines is 2. The number of aromatic nitrogens is 3. The number of rotatable bonds is 4. The lowest BCUT2D eigenvalue weighted by Gasteiger charge is -2.35. The number of nitrogens with two attached hydrogens (primary N) is 1. The van der Waals surface area contributed by atoms with E-state index >= 15 is 0 Å². The molecule has 2 fully saturated rings. The van der Waals surface area contributed by atoms with Gasteiger partial charge in [-0.2, -0.15) is 5.10 Å². The number of nitrogens with one attached hydrogen (secondary N) is 1. The highest BCUT2D eigenvalue weighted by Gasteiger charge is 2.32. The zero-order valence-electron chi connectivity index (χ0n) is 20.0. The van der Waals surface area contributed by atoms with Crippen LogP contribution < -0.4 is 16.0 Å². The Labute approximate surface area is 209 Å². The molecule has 2 saturated heterocycles. The van der Waals surface area contributed by atoms with E-state index in [9.17, 15) is 9.59 Å². The molecule has 2 unspecified atom stereocenters. The number of carbonyl (C=O) groups is 2. The molecule has 2 amide bonds. The Kier molecular flexibility index (Phi) is 6.37. The van der Waals surface area contributed by atoms with Gasteiger partial charge in [-0.15, -0.1) is 0 Å². The standard InChI is InChI=1S/C25H30ClN7O2/c1-15-13-33-23(29-24(15)31-10-8-18(27)14-31)12-21(30-33)22-5-3-4-9-32(22)25(35)19-11-17(26)6-7-20(19)28-16(2)34/h6-7,11-13,18,22H,3-5,8-10,14,27H2,1-2H3,(H,28,34). The van der Waals surface area contributed by atoms with Crippen LogP contribution in [0.3, 0.4) is 0 Å². The van der Waals surface area contributed by atoms with Crippen molar-refractivity contribution >= 4 is 40.6 Å². The number of hydrogen-bond acceptors (Lipinski definition) is 6. The molecule has 2 atom stereocenters. The highest BCUT2D eigenvalue weighted by Crippen LogP contribution is 2.34. The van der Waals surface area contributed by atoms with Crippen LogP contribution >= 0.6 is 11.6 Å². The Morgan fingerprint density at radius 2 is 2.00 bits per heavy atom. The van der Waals surface area contributed by atoms with E-state index in [1.54, 1.807) is 22.7 Å². The number of benzene rings is 1. The second-order valence-electron chi connectivity index (χ2n) is 9.50. The first-order valence-electron chi connectivity index (χ1n) is 12.1.